The van der Waals surface area contributed by atoms with E-state index in [9.17, 15) is 0 Å². The van der Waals surface area contributed by atoms with Gasteiger partial charge in [-0.05, 0) is 24.7 Å². The molecule has 0 aromatic rings. The Bertz CT molecular complexity index is 172. The molecule has 0 spiro atoms. The second kappa shape index (κ2) is 4.19. The zero-order valence-electron chi connectivity index (χ0n) is 10.9. The molecule has 14 heavy (non-hydrogen) atoms. The van der Waals surface area contributed by atoms with Gasteiger partial charge in [-0.15, -0.1) is 0 Å². The Labute approximate surface area is 89.2 Å². The molecule has 2 N–H and O–H groups in total. The van der Waals surface area contributed by atoms with Gasteiger partial charge in [0.05, 0.1) is 13.2 Å². The summed E-state index contributed by atoms with van der Waals surface area (Å²) in [5, 5.41) is 0. The minimum absolute atomic E-state index is 0.179. The third-order valence-corrected chi connectivity index (χ3v) is 2.97. The van der Waals surface area contributed by atoms with Crippen LogP contribution in [0.25, 0.3) is 0 Å². The summed E-state index contributed by atoms with van der Waals surface area (Å²) in [6.07, 6.45) is 0. The summed E-state index contributed by atoms with van der Waals surface area (Å²) in [7, 11) is 0. The molecule has 86 valence electrons. The zero-order valence-corrected chi connectivity index (χ0v) is 10.9. The highest BCUT2D eigenvalue weighted by atomic mass is 16.5. The van der Waals surface area contributed by atoms with Crippen LogP contribution in [0.5, 0.6) is 0 Å². The third kappa shape index (κ3) is 4.97. The molecule has 0 unspecified atom stereocenters. The first kappa shape index (κ1) is 13.9. The summed E-state index contributed by atoms with van der Waals surface area (Å²) in [5.41, 5.74) is 6.06. The minimum atomic E-state index is -0.228. The Morgan fingerprint density at radius 1 is 0.857 bits per heavy atom. The number of ether oxygens (including phenoxy) is 1. The lowest BCUT2D eigenvalue weighted by Crippen LogP contribution is -2.40. The molecule has 0 saturated heterocycles. The van der Waals surface area contributed by atoms with E-state index in [1.165, 1.54) is 0 Å². The maximum absolute atomic E-state index is 5.85. The van der Waals surface area contributed by atoms with Gasteiger partial charge in [0, 0.05) is 5.54 Å². The molecule has 0 aliphatic rings. The molecule has 0 fully saturated rings. The smallest absolute Gasteiger partial charge is 0.0641 e. The Morgan fingerprint density at radius 2 is 1.29 bits per heavy atom. The van der Waals surface area contributed by atoms with Crippen molar-refractivity contribution < 1.29 is 4.74 Å². The van der Waals surface area contributed by atoms with Gasteiger partial charge in [-0.25, -0.2) is 0 Å². The van der Waals surface area contributed by atoms with Gasteiger partial charge in [0.2, 0.25) is 0 Å². The maximum atomic E-state index is 5.85. The number of nitrogens with two attached hydrogens (primary N) is 1. The lowest BCUT2D eigenvalue weighted by atomic mass is 9.70. The monoisotopic (exact) mass is 201 g/mol. The van der Waals surface area contributed by atoms with E-state index < -0.39 is 0 Å². The summed E-state index contributed by atoms with van der Waals surface area (Å²) in [6, 6.07) is 0. The predicted molar refractivity (Wildman–Crippen MR) is 62.3 cm³/mol. The molecule has 0 saturated carbocycles. The zero-order chi connectivity index (χ0) is 11.6. The summed E-state index contributed by atoms with van der Waals surface area (Å²) >= 11 is 0. The maximum Gasteiger partial charge on any atom is 0.0641 e. The largest absolute Gasteiger partial charge is 0.379 e. The highest BCUT2D eigenvalue weighted by Gasteiger charge is 2.33. The molecule has 0 aliphatic carbocycles. The number of rotatable bonds is 4. The van der Waals surface area contributed by atoms with Crippen molar-refractivity contribution in [2.24, 2.45) is 16.6 Å². The van der Waals surface area contributed by atoms with Gasteiger partial charge in [0.15, 0.2) is 0 Å². The summed E-state index contributed by atoms with van der Waals surface area (Å²) in [4.78, 5) is 0. The van der Waals surface area contributed by atoms with Crippen molar-refractivity contribution in [2.75, 3.05) is 13.2 Å². The third-order valence-electron chi connectivity index (χ3n) is 2.97. The van der Waals surface area contributed by atoms with Gasteiger partial charge in [-0.1, -0.05) is 34.6 Å². The summed E-state index contributed by atoms with van der Waals surface area (Å²) < 4.78 is 5.66. The Hall–Kier alpha value is -0.0800. The first-order chi connectivity index (χ1) is 5.96. The fourth-order valence-electron chi connectivity index (χ4n) is 0.786. The summed E-state index contributed by atoms with van der Waals surface area (Å²) in [5.74, 6) is 0. The molecule has 2 heteroatoms. The molecule has 0 radical (unpaired) electrons. The van der Waals surface area contributed by atoms with E-state index in [-0.39, 0.29) is 16.4 Å². The van der Waals surface area contributed by atoms with Crippen LogP contribution in [0.2, 0.25) is 0 Å². The van der Waals surface area contributed by atoms with Crippen LogP contribution in [0.15, 0.2) is 0 Å². The lowest BCUT2D eigenvalue weighted by molar-refractivity contribution is -0.0135. The van der Waals surface area contributed by atoms with Crippen LogP contribution in [-0.4, -0.2) is 18.8 Å². The molecule has 0 heterocycles. The molecule has 0 aromatic carbocycles. The molecule has 0 rings (SSSR count). The Kier molecular flexibility index (Phi) is 4.17. The second-order valence-corrected chi connectivity index (χ2v) is 6.62. The Balaban J connectivity index is 4.02. The minimum Gasteiger partial charge on any atom is -0.379 e. The van der Waals surface area contributed by atoms with Gasteiger partial charge in [0.25, 0.3) is 0 Å². The van der Waals surface area contributed by atoms with E-state index in [1.54, 1.807) is 0 Å². The van der Waals surface area contributed by atoms with Gasteiger partial charge in [-0.2, -0.15) is 0 Å². The quantitative estimate of drug-likeness (QED) is 0.759. The van der Waals surface area contributed by atoms with Gasteiger partial charge >= 0.3 is 0 Å². The van der Waals surface area contributed by atoms with Gasteiger partial charge < -0.3 is 10.5 Å². The van der Waals surface area contributed by atoms with E-state index in [4.69, 9.17) is 10.5 Å². The highest BCUT2D eigenvalue weighted by Crippen LogP contribution is 2.37. The Morgan fingerprint density at radius 3 is 1.57 bits per heavy atom. The van der Waals surface area contributed by atoms with E-state index in [0.29, 0.717) is 6.61 Å². The van der Waals surface area contributed by atoms with Crippen molar-refractivity contribution in [3.8, 4) is 0 Å². The van der Waals surface area contributed by atoms with Crippen molar-refractivity contribution in [1.29, 1.82) is 0 Å². The van der Waals surface area contributed by atoms with E-state index in [2.05, 4.69) is 34.6 Å². The predicted octanol–water partition coefficient (Wildman–Crippen LogP) is 2.81. The fourth-order valence-corrected chi connectivity index (χ4v) is 0.786. The lowest BCUT2D eigenvalue weighted by Gasteiger charge is -2.39. The average molecular weight is 201 g/mol. The van der Waals surface area contributed by atoms with E-state index in [0.717, 1.165) is 6.61 Å². The van der Waals surface area contributed by atoms with Crippen LogP contribution < -0.4 is 5.73 Å². The van der Waals surface area contributed by atoms with Gasteiger partial charge in [0.1, 0.15) is 0 Å². The van der Waals surface area contributed by atoms with E-state index >= 15 is 0 Å². The highest BCUT2D eigenvalue weighted by molar-refractivity contribution is 4.82. The second-order valence-electron chi connectivity index (χ2n) is 6.62. The first-order valence-electron chi connectivity index (χ1n) is 5.32. The number of hydrogen-bond acceptors (Lipinski definition) is 2. The number of hydrogen-bond donors (Lipinski definition) is 1. The SMILES string of the molecule is CC(C)(N)COCC(C)(C)C(C)(C)C. The summed E-state index contributed by atoms with van der Waals surface area (Å²) in [6.45, 7) is 16.5. The molecule has 2 nitrogen and oxygen atoms in total. The van der Waals surface area contributed by atoms with Crippen LogP contribution >= 0.6 is 0 Å². The molecule has 0 amide bonds. The van der Waals surface area contributed by atoms with Crippen LogP contribution in [0, 0.1) is 10.8 Å². The van der Waals surface area contributed by atoms with Gasteiger partial charge in [-0.3, -0.25) is 0 Å². The fraction of sp³-hybridized carbons (Fsp3) is 1.00. The van der Waals surface area contributed by atoms with Crippen LogP contribution in [0.1, 0.15) is 48.5 Å². The standard InChI is InChI=1S/C12H27NO/c1-10(2,3)11(4,5)8-14-9-12(6,7)13/h8-9,13H2,1-7H3. The molecular formula is C12H27NO. The average Bonchev–Trinajstić information content (AvgIpc) is 1.80. The van der Waals surface area contributed by atoms with Crippen LogP contribution in [0.3, 0.4) is 0 Å². The van der Waals surface area contributed by atoms with Crippen molar-refractivity contribution in [3.63, 3.8) is 0 Å². The van der Waals surface area contributed by atoms with Crippen molar-refractivity contribution in [1.82, 2.24) is 0 Å². The molecular weight excluding hydrogens is 174 g/mol. The van der Waals surface area contributed by atoms with Crippen LogP contribution in [-0.2, 0) is 4.74 Å². The van der Waals surface area contributed by atoms with Crippen molar-refractivity contribution in [3.05, 3.63) is 0 Å². The molecule has 0 aromatic heterocycles. The van der Waals surface area contributed by atoms with Crippen molar-refractivity contribution in [2.45, 2.75) is 54.0 Å². The normalized spacial score (nSPS) is 14.6. The van der Waals surface area contributed by atoms with E-state index in [1.807, 2.05) is 13.8 Å². The molecule has 0 atom stereocenters. The topological polar surface area (TPSA) is 35.2 Å². The van der Waals surface area contributed by atoms with Crippen LogP contribution in [0.4, 0.5) is 0 Å². The van der Waals surface area contributed by atoms with Crippen molar-refractivity contribution >= 4 is 0 Å². The molecule has 0 bridgehead atoms. The first-order valence-corrected chi connectivity index (χ1v) is 5.32. The molecule has 0 aliphatic heterocycles.